The fourth-order valence-corrected chi connectivity index (χ4v) is 3.14. The molecule has 10 heteroatoms. The van der Waals surface area contributed by atoms with E-state index in [1.807, 2.05) is 0 Å². The van der Waals surface area contributed by atoms with E-state index < -0.39 is 21.5 Å². The summed E-state index contributed by atoms with van der Waals surface area (Å²) in [7, 11) is -1.72. The van der Waals surface area contributed by atoms with E-state index in [4.69, 9.17) is 0 Å². The molecular formula is C17H21F2IN4O2S. The number of hydrogen-bond donors (Lipinski definition) is 2. The Kier molecular flexibility index (Phi) is 9.03. The molecule has 2 N–H and O–H groups in total. The minimum atomic E-state index is -3.25. The highest BCUT2D eigenvalue weighted by molar-refractivity contribution is 14.0. The number of hydrogen-bond acceptors (Lipinski definition) is 4. The van der Waals surface area contributed by atoms with Gasteiger partial charge in [-0.1, -0.05) is 6.07 Å². The number of guanidine groups is 1. The highest BCUT2D eigenvalue weighted by Crippen LogP contribution is 2.14. The fourth-order valence-electron chi connectivity index (χ4n) is 2.30. The van der Waals surface area contributed by atoms with Crippen molar-refractivity contribution in [2.75, 3.05) is 13.3 Å². The summed E-state index contributed by atoms with van der Waals surface area (Å²) < 4.78 is 50.2. The molecule has 0 fully saturated rings. The van der Waals surface area contributed by atoms with Crippen LogP contribution in [0.1, 0.15) is 16.8 Å². The van der Waals surface area contributed by atoms with E-state index in [9.17, 15) is 17.2 Å². The molecule has 0 spiro atoms. The molecule has 0 aliphatic carbocycles. The molecule has 148 valence electrons. The summed E-state index contributed by atoms with van der Waals surface area (Å²) in [4.78, 5) is 7.94. The number of sulfone groups is 1. The second-order valence-corrected chi connectivity index (χ2v) is 7.83. The van der Waals surface area contributed by atoms with Crippen LogP contribution in [0.2, 0.25) is 0 Å². The van der Waals surface area contributed by atoms with Crippen molar-refractivity contribution in [2.45, 2.75) is 18.8 Å². The third-order valence-electron chi connectivity index (χ3n) is 3.51. The molecule has 2 aromatic rings. The molecule has 0 aliphatic rings. The lowest BCUT2D eigenvalue weighted by Gasteiger charge is -2.14. The minimum absolute atomic E-state index is 0. The second-order valence-electron chi connectivity index (χ2n) is 5.69. The molecule has 0 aliphatic heterocycles. The third kappa shape index (κ3) is 7.75. The van der Waals surface area contributed by atoms with Crippen LogP contribution in [0.25, 0.3) is 0 Å². The lowest BCUT2D eigenvalue weighted by atomic mass is 10.1. The number of nitrogens with zero attached hydrogens (tertiary/aromatic N) is 2. The first-order valence-electron chi connectivity index (χ1n) is 7.77. The van der Waals surface area contributed by atoms with E-state index in [1.165, 1.54) is 43.6 Å². The first kappa shape index (κ1) is 23.2. The average Bonchev–Trinajstić information content (AvgIpc) is 2.57. The van der Waals surface area contributed by atoms with Gasteiger partial charge in [0.1, 0.15) is 11.6 Å². The van der Waals surface area contributed by atoms with Crippen LogP contribution in [-0.4, -0.2) is 32.7 Å². The van der Waals surface area contributed by atoms with Crippen molar-refractivity contribution < 1.29 is 17.2 Å². The molecule has 1 aromatic carbocycles. The Morgan fingerprint density at radius 2 is 1.85 bits per heavy atom. The van der Waals surface area contributed by atoms with Crippen LogP contribution in [0.15, 0.2) is 41.5 Å². The first-order valence-corrected chi connectivity index (χ1v) is 9.83. The van der Waals surface area contributed by atoms with Gasteiger partial charge in [-0.2, -0.15) is 0 Å². The Morgan fingerprint density at radius 1 is 1.15 bits per heavy atom. The summed E-state index contributed by atoms with van der Waals surface area (Å²) >= 11 is 0. The topological polar surface area (TPSA) is 83.5 Å². The van der Waals surface area contributed by atoms with Crippen LogP contribution in [0.4, 0.5) is 8.78 Å². The molecule has 0 amide bonds. The van der Waals surface area contributed by atoms with Gasteiger partial charge in [0.25, 0.3) is 0 Å². The lowest BCUT2D eigenvalue weighted by molar-refractivity contribution is 0.592. The van der Waals surface area contributed by atoms with E-state index in [0.717, 1.165) is 6.26 Å². The van der Waals surface area contributed by atoms with Crippen molar-refractivity contribution in [1.82, 2.24) is 15.6 Å². The van der Waals surface area contributed by atoms with Crippen molar-refractivity contribution in [3.05, 3.63) is 65.0 Å². The number of halogens is 3. The van der Waals surface area contributed by atoms with Crippen molar-refractivity contribution in [2.24, 2.45) is 4.99 Å². The van der Waals surface area contributed by atoms with Gasteiger partial charge in [0.2, 0.25) is 0 Å². The number of nitrogens with one attached hydrogen (secondary N) is 2. The number of aliphatic imine (C=N–C) groups is 1. The maximum Gasteiger partial charge on any atom is 0.191 e. The van der Waals surface area contributed by atoms with Crippen LogP contribution in [0.5, 0.6) is 0 Å². The Labute approximate surface area is 174 Å². The van der Waals surface area contributed by atoms with Gasteiger partial charge in [-0.3, -0.25) is 9.98 Å². The van der Waals surface area contributed by atoms with Crippen molar-refractivity contribution in [3.63, 3.8) is 0 Å². The zero-order valence-corrected chi connectivity index (χ0v) is 18.0. The maximum atomic E-state index is 13.6. The highest BCUT2D eigenvalue weighted by Gasteiger charge is 2.11. The summed E-state index contributed by atoms with van der Waals surface area (Å²) in [5.74, 6) is -0.728. The van der Waals surface area contributed by atoms with Gasteiger partial charge in [0.15, 0.2) is 15.8 Å². The molecule has 6 nitrogen and oxygen atoms in total. The molecule has 27 heavy (non-hydrogen) atoms. The standard InChI is InChI=1S/C17H20F2N4O2S.HI/c1-20-17(23-10-16-15(19)4-3-7-21-16)22-9-13-8-14(18)6-5-12(13)11-26(2,24)25;/h3-8H,9-11H2,1-2H3,(H2,20,22,23);1H. The van der Waals surface area contributed by atoms with Crippen LogP contribution in [-0.2, 0) is 28.7 Å². The monoisotopic (exact) mass is 510 g/mol. The Balaban J connectivity index is 0.00000364. The molecular weight excluding hydrogens is 489 g/mol. The predicted octanol–water partition coefficient (Wildman–Crippen LogP) is 2.39. The average molecular weight is 510 g/mol. The van der Waals surface area contributed by atoms with Crippen LogP contribution in [0.3, 0.4) is 0 Å². The third-order valence-corrected chi connectivity index (χ3v) is 4.35. The van der Waals surface area contributed by atoms with Gasteiger partial charge in [0, 0.05) is 26.0 Å². The molecule has 0 saturated carbocycles. The maximum absolute atomic E-state index is 13.6. The largest absolute Gasteiger partial charge is 0.352 e. The van der Waals surface area contributed by atoms with E-state index in [1.54, 1.807) is 0 Å². The van der Waals surface area contributed by atoms with Gasteiger partial charge in [0.05, 0.1) is 18.0 Å². The number of rotatable bonds is 6. The summed E-state index contributed by atoms with van der Waals surface area (Å²) in [5, 5.41) is 5.86. The van der Waals surface area contributed by atoms with Crippen molar-refractivity contribution >= 4 is 39.8 Å². The lowest BCUT2D eigenvalue weighted by Crippen LogP contribution is -2.37. The van der Waals surface area contributed by atoms with Gasteiger partial charge >= 0.3 is 0 Å². The Bertz CT molecular complexity index is 908. The van der Waals surface area contributed by atoms with E-state index in [0.29, 0.717) is 17.1 Å². The van der Waals surface area contributed by atoms with E-state index in [2.05, 4.69) is 20.6 Å². The van der Waals surface area contributed by atoms with Gasteiger partial charge in [-0.25, -0.2) is 17.2 Å². The number of benzene rings is 1. The number of aromatic nitrogens is 1. The van der Waals surface area contributed by atoms with Crippen molar-refractivity contribution in [1.29, 1.82) is 0 Å². The minimum Gasteiger partial charge on any atom is -0.352 e. The quantitative estimate of drug-likeness (QED) is 0.355. The summed E-state index contributed by atoms with van der Waals surface area (Å²) in [6.07, 6.45) is 2.61. The SMILES string of the molecule is CN=C(NCc1cc(F)ccc1CS(C)(=O)=O)NCc1ncccc1F.I. The van der Waals surface area contributed by atoms with Gasteiger partial charge < -0.3 is 10.6 Å². The van der Waals surface area contributed by atoms with Crippen LogP contribution in [0, 0.1) is 11.6 Å². The predicted molar refractivity (Wildman–Crippen MR) is 112 cm³/mol. The summed E-state index contributed by atoms with van der Waals surface area (Å²) in [6, 6.07) is 6.76. The van der Waals surface area contributed by atoms with Gasteiger partial charge in [-0.15, -0.1) is 24.0 Å². The molecule has 0 radical (unpaired) electrons. The summed E-state index contributed by atoms with van der Waals surface area (Å²) in [6.45, 7) is 0.276. The second kappa shape index (κ2) is 10.5. The van der Waals surface area contributed by atoms with Crippen molar-refractivity contribution in [3.8, 4) is 0 Å². The Morgan fingerprint density at radius 3 is 2.48 bits per heavy atom. The van der Waals surface area contributed by atoms with E-state index >= 15 is 0 Å². The molecule has 1 heterocycles. The smallest absolute Gasteiger partial charge is 0.191 e. The normalized spacial score (nSPS) is 11.6. The highest BCUT2D eigenvalue weighted by atomic mass is 127. The van der Waals surface area contributed by atoms with Crippen LogP contribution >= 0.6 is 24.0 Å². The zero-order chi connectivity index (χ0) is 19.2. The molecule has 0 bridgehead atoms. The summed E-state index contributed by atoms with van der Waals surface area (Å²) in [5.41, 5.74) is 1.24. The Hall–Kier alpha value is -1.82. The van der Waals surface area contributed by atoms with Crippen LogP contribution < -0.4 is 10.6 Å². The molecule has 2 rings (SSSR count). The van der Waals surface area contributed by atoms with E-state index in [-0.39, 0.29) is 48.5 Å². The molecule has 0 unspecified atom stereocenters. The molecule has 1 aromatic heterocycles. The number of pyridine rings is 1. The fraction of sp³-hybridized carbons (Fsp3) is 0.294. The first-order chi connectivity index (χ1) is 12.3. The molecule has 0 atom stereocenters. The van der Waals surface area contributed by atoms with Gasteiger partial charge in [-0.05, 0) is 35.4 Å². The zero-order valence-electron chi connectivity index (χ0n) is 14.9. The molecule has 0 saturated heterocycles.